The minimum Gasteiger partial charge on any atom is -0.264 e. The van der Waals surface area contributed by atoms with Gasteiger partial charge in [-0.25, -0.2) is 0 Å². The van der Waals surface area contributed by atoms with Crippen LogP contribution in [-0.4, -0.2) is 9.97 Å². The lowest BCUT2D eigenvalue weighted by Crippen LogP contribution is -1.90. The Labute approximate surface area is 77.6 Å². The van der Waals surface area contributed by atoms with E-state index in [0.29, 0.717) is 0 Å². The Morgan fingerprint density at radius 2 is 2.08 bits per heavy atom. The molecule has 0 amide bonds. The molecule has 0 aliphatic heterocycles. The number of nitrogens with zero attached hydrogens (tertiary/aromatic N) is 2. The molecule has 0 unspecified atom stereocenters. The lowest BCUT2D eigenvalue weighted by molar-refractivity contribution is 1.10. The molecule has 0 bridgehead atoms. The molecular weight excluding hydrogens is 160 g/mol. The summed E-state index contributed by atoms with van der Waals surface area (Å²) in [6.07, 6.45) is 4.75. The second-order valence-electron chi connectivity index (χ2n) is 3.18. The Hall–Kier alpha value is -1.44. The average Bonchev–Trinajstić information content (AvgIpc) is 2.17. The maximum atomic E-state index is 4.51. The van der Waals surface area contributed by atoms with Crippen LogP contribution in [0.2, 0.25) is 0 Å². The molecule has 0 aliphatic carbocycles. The fourth-order valence-corrected chi connectivity index (χ4v) is 1.46. The van der Waals surface area contributed by atoms with Gasteiger partial charge in [0.25, 0.3) is 0 Å². The topological polar surface area (TPSA) is 25.8 Å². The van der Waals surface area contributed by atoms with Crippen LogP contribution in [0.3, 0.4) is 0 Å². The summed E-state index contributed by atoms with van der Waals surface area (Å²) in [6.45, 7) is 4.14. The highest BCUT2D eigenvalue weighted by Gasteiger charge is 2.00. The molecule has 66 valence electrons. The highest BCUT2D eigenvalue weighted by atomic mass is 14.7. The molecule has 0 saturated heterocycles. The first kappa shape index (κ1) is 8.17. The summed E-state index contributed by atoms with van der Waals surface area (Å²) in [6, 6.07) is 4.09. The molecule has 0 atom stereocenters. The zero-order valence-electron chi connectivity index (χ0n) is 7.91. The molecule has 2 heterocycles. The number of aryl methyl sites for hydroxylation is 2. The van der Waals surface area contributed by atoms with E-state index in [1.807, 2.05) is 25.4 Å². The van der Waals surface area contributed by atoms with Crippen LogP contribution in [0.25, 0.3) is 10.9 Å². The Morgan fingerprint density at radius 1 is 1.23 bits per heavy atom. The van der Waals surface area contributed by atoms with E-state index in [4.69, 9.17) is 0 Å². The quantitative estimate of drug-likeness (QED) is 0.660. The summed E-state index contributed by atoms with van der Waals surface area (Å²) in [7, 11) is 0. The van der Waals surface area contributed by atoms with Gasteiger partial charge in [0.05, 0.1) is 5.52 Å². The van der Waals surface area contributed by atoms with Gasteiger partial charge in [0.1, 0.15) is 0 Å². The molecule has 2 nitrogen and oxygen atoms in total. The van der Waals surface area contributed by atoms with Crippen LogP contribution in [-0.2, 0) is 6.42 Å². The molecule has 0 fully saturated rings. The van der Waals surface area contributed by atoms with E-state index in [1.54, 1.807) is 0 Å². The van der Waals surface area contributed by atoms with Crippen LogP contribution in [0.1, 0.15) is 18.2 Å². The van der Waals surface area contributed by atoms with Gasteiger partial charge in [-0.15, -0.1) is 0 Å². The molecule has 0 N–H and O–H groups in total. The van der Waals surface area contributed by atoms with Crippen LogP contribution in [0.15, 0.2) is 24.5 Å². The number of hydrogen-bond donors (Lipinski definition) is 0. The Bertz CT molecular complexity index is 435. The summed E-state index contributed by atoms with van der Waals surface area (Å²) in [5.41, 5.74) is 3.38. The van der Waals surface area contributed by atoms with Crippen LogP contribution < -0.4 is 0 Å². The summed E-state index contributed by atoms with van der Waals surface area (Å²) in [5.74, 6) is 0. The van der Waals surface area contributed by atoms with Crippen LogP contribution in [0.4, 0.5) is 0 Å². The second kappa shape index (κ2) is 3.13. The molecule has 2 rings (SSSR count). The molecule has 0 saturated carbocycles. The minimum atomic E-state index is 0.987. The lowest BCUT2D eigenvalue weighted by Gasteiger charge is -2.02. The van der Waals surface area contributed by atoms with E-state index in [9.17, 15) is 0 Å². The molecular formula is C11H12N2. The fraction of sp³-hybridized carbons (Fsp3) is 0.273. The minimum absolute atomic E-state index is 0.987. The van der Waals surface area contributed by atoms with Crippen LogP contribution in [0.5, 0.6) is 0 Å². The normalized spacial score (nSPS) is 10.6. The monoisotopic (exact) mass is 172 g/mol. The largest absolute Gasteiger partial charge is 0.264 e. The van der Waals surface area contributed by atoms with Gasteiger partial charge in [0.2, 0.25) is 0 Å². The number of aromatic nitrogens is 2. The van der Waals surface area contributed by atoms with Crippen molar-refractivity contribution in [1.29, 1.82) is 0 Å². The van der Waals surface area contributed by atoms with E-state index in [2.05, 4.69) is 23.0 Å². The predicted octanol–water partition coefficient (Wildman–Crippen LogP) is 2.50. The molecule has 2 aromatic heterocycles. The zero-order chi connectivity index (χ0) is 9.26. The molecule has 13 heavy (non-hydrogen) atoms. The zero-order valence-corrected chi connectivity index (χ0v) is 7.91. The van der Waals surface area contributed by atoms with Gasteiger partial charge >= 0.3 is 0 Å². The SMILES string of the molecule is CCc1cncc2ccc(C)nc12. The van der Waals surface area contributed by atoms with Gasteiger partial charge < -0.3 is 0 Å². The van der Waals surface area contributed by atoms with Gasteiger partial charge in [-0.3, -0.25) is 9.97 Å². The Kier molecular flexibility index (Phi) is 1.97. The van der Waals surface area contributed by atoms with Gasteiger partial charge in [0.15, 0.2) is 0 Å². The van der Waals surface area contributed by atoms with Crippen molar-refractivity contribution < 1.29 is 0 Å². The van der Waals surface area contributed by atoms with Crippen molar-refractivity contribution >= 4 is 10.9 Å². The highest BCUT2D eigenvalue weighted by Crippen LogP contribution is 2.15. The van der Waals surface area contributed by atoms with Crippen LogP contribution in [0, 0.1) is 6.92 Å². The van der Waals surface area contributed by atoms with Crippen molar-refractivity contribution in [3.8, 4) is 0 Å². The van der Waals surface area contributed by atoms with Crippen LogP contribution >= 0.6 is 0 Å². The molecule has 0 spiro atoms. The predicted molar refractivity (Wildman–Crippen MR) is 53.7 cm³/mol. The maximum Gasteiger partial charge on any atom is 0.0767 e. The number of rotatable bonds is 1. The average molecular weight is 172 g/mol. The van der Waals surface area contributed by atoms with Crippen molar-refractivity contribution in [3.05, 3.63) is 35.8 Å². The fourth-order valence-electron chi connectivity index (χ4n) is 1.46. The Morgan fingerprint density at radius 3 is 2.85 bits per heavy atom. The van der Waals surface area contributed by atoms with Crippen molar-refractivity contribution in [3.63, 3.8) is 0 Å². The lowest BCUT2D eigenvalue weighted by atomic mass is 10.1. The third-order valence-corrected chi connectivity index (χ3v) is 2.19. The van der Waals surface area contributed by atoms with E-state index in [1.165, 1.54) is 5.56 Å². The molecule has 2 heteroatoms. The van der Waals surface area contributed by atoms with E-state index >= 15 is 0 Å². The number of pyridine rings is 2. The molecule has 0 aromatic carbocycles. The van der Waals surface area contributed by atoms with Crippen molar-refractivity contribution in [1.82, 2.24) is 9.97 Å². The van der Waals surface area contributed by atoms with Gasteiger partial charge in [-0.05, 0) is 31.0 Å². The Balaban J connectivity index is 2.79. The highest BCUT2D eigenvalue weighted by molar-refractivity contribution is 5.80. The van der Waals surface area contributed by atoms with Crippen molar-refractivity contribution in [2.24, 2.45) is 0 Å². The molecule has 0 aliphatic rings. The third-order valence-electron chi connectivity index (χ3n) is 2.19. The third kappa shape index (κ3) is 1.39. The second-order valence-corrected chi connectivity index (χ2v) is 3.18. The van der Waals surface area contributed by atoms with Gasteiger partial charge in [-0.1, -0.05) is 6.92 Å². The molecule has 0 radical (unpaired) electrons. The molecule has 2 aromatic rings. The van der Waals surface area contributed by atoms with Crippen molar-refractivity contribution in [2.75, 3.05) is 0 Å². The van der Waals surface area contributed by atoms with E-state index < -0.39 is 0 Å². The smallest absolute Gasteiger partial charge is 0.0767 e. The van der Waals surface area contributed by atoms with E-state index in [-0.39, 0.29) is 0 Å². The first-order valence-electron chi connectivity index (χ1n) is 4.51. The van der Waals surface area contributed by atoms with Gasteiger partial charge in [0, 0.05) is 23.5 Å². The number of fused-ring (bicyclic) bond motifs is 1. The van der Waals surface area contributed by atoms with Gasteiger partial charge in [-0.2, -0.15) is 0 Å². The standard InChI is InChI=1S/C11H12N2/c1-3-9-6-12-7-10-5-4-8(2)13-11(9)10/h4-7H,3H2,1-2H3. The first-order valence-corrected chi connectivity index (χ1v) is 4.51. The summed E-state index contributed by atoms with van der Waals surface area (Å²) in [4.78, 5) is 8.68. The van der Waals surface area contributed by atoms with Crippen molar-refractivity contribution in [2.45, 2.75) is 20.3 Å². The van der Waals surface area contributed by atoms with E-state index in [0.717, 1.165) is 23.0 Å². The summed E-state index contributed by atoms with van der Waals surface area (Å²) >= 11 is 0. The summed E-state index contributed by atoms with van der Waals surface area (Å²) < 4.78 is 0. The summed E-state index contributed by atoms with van der Waals surface area (Å²) in [5, 5.41) is 1.13. The first-order chi connectivity index (χ1) is 6.31. The number of hydrogen-bond acceptors (Lipinski definition) is 2. The maximum absolute atomic E-state index is 4.51.